The van der Waals surface area contributed by atoms with Gasteiger partial charge in [-0.05, 0) is 181 Å². The van der Waals surface area contributed by atoms with E-state index in [1.54, 1.807) is 18.6 Å². The first-order valence-electron chi connectivity index (χ1n) is 34.1. The quantitative estimate of drug-likeness (QED) is 0.151. The van der Waals surface area contributed by atoms with Gasteiger partial charge in [0.05, 0.1) is 49.7 Å². The van der Waals surface area contributed by atoms with Crippen molar-refractivity contribution in [3.63, 3.8) is 0 Å². The molecule has 11 aromatic heterocycles. The van der Waals surface area contributed by atoms with Crippen molar-refractivity contribution in [3.05, 3.63) is 384 Å². The Hall–Kier alpha value is -14.0. The molecular formula is C91H63N11. The maximum Gasteiger partial charge on any atom is 0.137 e. The molecule has 0 saturated carbocycles. The minimum absolute atomic E-state index is 0.903. The second kappa shape index (κ2) is 26.4. The number of rotatable bonds is 8. The van der Waals surface area contributed by atoms with Crippen molar-refractivity contribution in [1.82, 2.24) is 52.3 Å². The summed E-state index contributed by atoms with van der Waals surface area (Å²) in [5.74, 6) is 1.84. The van der Waals surface area contributed by atoms with E-state index < -0.39 is 0 Å². The zero-order valence-corrected chi connectivity index (χ0v) is 55.3. The van der Waals surface area contributed by atoms with Gasteiger partial charge in [-0.1, -0.05) is 146 Å². The molecule has 482 valence electrons. The maximum absolute atomic E-state index is 4.86. The molecule has 21 aromatic rings. The SMILES string of the molecule is c1ccc(-n2ccc3cc4c(cc32)c2ccccc2n4-c2ccc(-c3cccnc3)cc2)cc1.c1ccc(-n2ccc3cc4c(cc32)c2ccccc2n4-c2ccc(-c3cccnc3)cn2)cc1.c1ccc(-n2ccc3cc4c(cc32)c2ccccc2n4-c2ccccn2)cc1.c1ccncc1. The lowest BCUT2D eigenvalue weighted by atomic mass is 10.1. The number of aromatic nitrogens is 11. The van der Waals surface area contributed by atoms with E-state index >= 15 is 0 Å². The van der Waals surface area contributed by atoms with Crippen LogP contribution in [-0.4, -0.2) is 52.3 Å². The first kappa shape index (κ1) is 60.4. The maximum atomic E-state index is 4.86. The van der Waals surface area contributed by atoms with Gasteiger partial charge >= 0.3 is 0 Å². The molecule has 11 heterocycles. The first-order valence-corrected chi connectivity index (χ1v) is 34.1. The predicted octanol–water partition coefficient (Wildman–Crippen LogP) is 22.2. The van der Waals surface area contributed by atoms with E-state index in [9.17, 15) is 0 Å². The van der Waals surface area contributed by atoms with Gasteiger partial charge in [-0.15, -0.1) is 0 Å². The fourth-order valence-electron chi connectivity index (χ4n) is 14.4. The molecule has 0 N–H and O–H groups in total. The number of hydrogen-bond acceptors (Lipinski definition) is 5. The van der Waals surface area contributed by atoms with Gasteiger partial charge in [-0.3, -0.25) is 24.1 Å². The van der Waals surface area contributed by atoms with Crippen LogP contribution in [0.4, 0.5) is 0 Å². The van der Waals surface area contributed by atoms with Crippen LogP contribution in [0.15, 0.2) is 384 Å². The summed E-state index contributed by atoms with van der Waals surface area (Å²) < 4.78 is 13.7. The monoisotopic (exact) mass is 1310 g/mol. The molecule has 21 rings (SSSR count). The fraction of sp³-hybridized carbons (Fsp3) is 0. The van der Waals surface area contributed by atoms with Gasteiger partial charge in [0.15, 0.2) is 0 Å². The number of pyridine rings is 5. The normalized spacial score (nSPS) is 11.3. The molecule has 0 unspecified atom stereocenters. The van der Waals surface area contributed by atoms with E-state index in [1.165, 1.54) is 104 Å². The Bertz CT molecular complexity index is 6200. The minimum atomic E-state index is 0.903. The summed E-state index contributed by atoms with van der Waals surface area (Å²) in [4.78, 5) is 21.8. The summed E-state index contributed by atoms with van der Waals surface area (Å²) in [5, 5.41) is 11.1. The highest BCUT2D eigenvalue weighted by Gasteiger charge is 2.20. The van der Waals surface area contributed by atoms with Crippen molar-refractivity contribution in [2.75, 3.05) is 0 Å². The number of benzene rings is 10. The number of fused-ring (bicyclic) bond motifs is 12. The molecule has 0 fully saturated rings. The van der Waals surface area contributed by atoms with Crippen LogP contribution in [0.25, 0.3) is 155 Å². The van der Waals surface area contributed by atoms with Crippen molar-refractivity contribution in [2.24, 2.45) is 0 Å². The Morgan fingerprint density at radius 3 is 0.971 bits per heavy atom. The van der Waals surface area contributed by atoms with Gasteiger partial charge in [0.25, 0.3) is 0 Å². The van der Waals surface area contributed by atoms with E-state index in [4.69, 9.17) is 4.98 Å². The molecule has 0 aliphatic carbocycles. The Kier molecular flexibility index (Phi) is 15.6. The van der Waals surface area contributed by atoms with Crippen LogP contribution in [0.5, 0.6) is 0 Å². The molecule has 0 amide bonds. The zero-order valence-electron chi connectivity index (χ0n) is 55.3. The van der Waals surface area contributed by atoms with Crippen LogP contribution in [0.3, 0.4) is 0 Å². The Balaban J connectivity index is 0.000000106. The molecule has 11 nitrogen and oxygen atoms in total. The number of nitrogens with zero attached hydrogens (tertiary/aromatic N) is 11. The lowest BCUT2D eigenvalue weighted by molar-refractivity contribution is 1.08. The van der Waals surface area contributed by atoms with Gasteiger partial charge in [0, 0.05) is 151 Å². The molecule has 10 aromatic carbocycles. The zero-order chi connectivity index (χ0) is 67.7. The fourth-order valence-corrected chi connectivity index (χ4v) is 14.4. The molecule has 102 heavy (non-hydrogen) atoms. The molecule has 0 spiro atoms. The van der Waals surface area contributed by atoms with Crippen molar-refractivity contribution >= 4 is 98.1 Å². The number of para-hydroxylation sites is 6. The van der Waals surface area contributed by atoms with Crippen LogP contribution in [0.1, 0.15) is 0 Å². The molecule has 0 bridgehead atoms. The minimum Gasteiger partial charge on any atom is -0.317 e. The average molecular weight is 1310 g/mol. The highest BCUT2D eigenvalue weighted by molar-refractivity contribution is 6.16. The van der Waals surface area contributed by atoms with Crippen LogP contribution < -0.4 is 0 Å². The third-order valence-corrected chi connectivity index (χ3v) is 19.1. The summed E-state index contributed by atoms with van der Waals surface area (Å²) >= 11 is 0. The molecule has 0 aliphatic rings. The molecular weight excluding hydrogens is 1250 g/mol. The number of hydrogen-bond donors (Lipinski definition) is 0. The summed E-state index contributed by atoms with van der Waals surface area (Å²) in [5.41, 5.74) is 19.8. The van der Waals surface area contributed by atoms with E-state index in [-0.39, 0.29) is 0 Å². The smallest absolute Gasteiger partial charge is 0.137 e. The largest absolute Gasteiger partial charge is 0.317 e. The van der Waals surface area contributed by atoms with E-state index in [1.807, 2.05) is 85.6 Å². The van der Waals surface area contributed by atoms with Gasteiger partial charge in [-0.2, -0.15) is 0 Å². The van der Waals surface area contributed by atoms with Crippen LogP contribution in [-0.2, 0) is 0 Å². The summed E-state index contributed by atoms with van der Waals surface area (Å²) in [6.07, 6.45) is 21.1. The Morgan fingerprint density at radius 1 is 0.196 bits per heavy atom. The highest BCUT2D eigenvalue weighted by Crippen LogP contribution is 2.40. The summed E-state index contributed by atoms with van der Waals surface area (Å²) in [6, 6.07) is 110. The van der Waals surface area contributed by atoms with Gasteiger partial charge in [0.1, 0.15) is 11.6 Å². The van der Waals surface area contributed by atoms with Gasteiger partial charge in [0.2, 0.25) is 0 Å². The van der Waals surface area contributed by atoms with Crippen LogP contribution in [0.2, 0.25) is 0 Å². The topological polar surface area (TPSA) is 94.0 Å². The van der Waals surface area contributed by atoms with Crippen LogP contribution >= 0.6 is 0 Å². The lowest BCUT2D eigenvalue weighted by Crippen LogP contribution is -1.97. The first-order chi connectivity index (χ1) is 50.6. The van der Waals surface area contributed by atoms with E-state index in [0.29, 0.717) is 0 Å². The Morgan fingerprint density at radius 2 is 0.569 bits per heavy atom. The molecule has 0 saturated heterocycles. The van der Waals surface area contributed by atoms with Gasteiger partial charge in [-0.25, -0.2) is 9.97 Å². The van der Waals surface area contributed by atoms with Crippen molar-refractivity contribution in [1.29, 1.82) is 0 Å². The van der Waals surface area contributed by atoms with Gasteiger partial charge < -0.3 is 18.3 Å². The molecule has 0 atom stereocenters. The van der Waals surface area contributed by atoms with Crippen molar-refractivity contribution < 1.29 is 0 Å². The lowest BCUT2D eigenvalue weighted by Gasteiger charge is -2.10. The van der Waals surface area contributed by atoms with E-state index in [0.717, 1.165) is 50.7 Å². The highest BCUT2D eigenvalue weighted by atomic mass is 15.1. The third kappa shape index (κ3) is 11.1. The average Bonchev–Trinajstić information content (AvgIpc) is 1.59. The van der Waals surface area contributed by atoms with Crippen molar-refractivity contribution in [3.8, 4) is 56.6 Å². The molecule has 0 aliphatic heterocycles. The summed E-state index contributed by atoms with van der Waals surface area (Å²) in [6.45, 7) is 0. The van der Waals surface area contributed by atoms with Crippen LogP contribution in [0, 0.1) is 0 Å². The second-order valence-corrected chi connectivity index (χ2v) is 25.1. The van der Waals surface area contributed by atoms with Crippen molar-refractivity contribution in [2.45, 2.75) is 0 Å². The molecule has 0 radical (unpaired) electrons. The predicted molar refractivity (Wildman–Crippen MR) is 419 cm³/mol. The second-order valence-electron chi connectivity index (χ2n) is 25.1. The Labute approximate surface area is 587 Å². The summed E-state index contributed by atoms with van der Waals surface area (Å²) in [7, 11) is 0. The standard InChI is InChI=1S/C31H21N3.C30H20N4.C25H17N3.C5H5N/c1-2-8-25(9-3-1)33-18-16-23-19-31-28(20-30(23)33)27-10-4-5-11-29(27)34(31)26-14-12-22(13-15-26)24-7-6-17-32-21-24;1-2-8-24(9-3-1)33-16-14-21-17-29-26(18-28(21)33)25-10-4-5-11-27(25)34(29)30-13-12-23(20-32-30)22-7-6-15-31-19-22;1-2-8-19(9-3-1)27-15-13-18-16-24-21(17-23(18)27)20-10-4-5-11-22(20)28(24)25-12-6-7-14-26-25;1-2-4-6-5-3-1/h1-21H;1-20H;1-17H;1-5H. The third-order valence-electron chi connectivity index (χ3n) is 19.1. The molecule has 11 heteroatoms. The van der Waals surface area contributed by atoms with E-state index in [2.05, 4.69) is 327 Å².